The van der Waals surface area contributed by atoms with Crippen LogP contribution >= 0.6 is 7.92 Å². The van der Waals surface area contributed by atoms with Crippen molar-refractivity contribution < 1.29 is 9.53 Å². The molecular formula is C30H35O2P. The molecule has 3 aliphatic carbocycles. The number of fused-ring (bicyclic) bond motifs is 3. The van der Waals surface area contributed by atoms with Crippen LogP contribution in [-0.2, 0) is 9.53 Å². The molecule has 2 nitrogen and oxygen atoms in total. The Morgan fingerprint density at radius 3 is 2.27 bits per heavy atom. The van der Waals surface area contributed by atoms with Crippen LogP contribution < -0.4 is 10.6 Å². The quantitative estimate of drug-likeness (QED) is 0.323. The van der Waals surface area contributed by atoms with E-state index in [1.165, 1.54) is 21.4 Å². The molecule has 3 aliphatic rings. The second-order valence-electron chi connectivity index (χ2n) is 11.4. The van der Waals surface area contributed by atoms with Gasteiger partial charge in [0, 0.05) is 5.66 Å². The van der Waals surface area contributed by atoms with Crippen molar-refractivity contribution in [3.05, 3.63) is 72.8 Å². The van der Waals surface area contributed by atoms with Gasteiger partial charge in [-0.3, -0.25) is 4.79 Å². The fourth-order valence-electron chi connectivity index (χ4n) is 6.25. The van der Waals surface area contributed by atoms with E-state index in [9.17, 15) is 4.79 Å². The maximum atomic E-state index is 13.8. The first-order valence-corrected chi connectivity index (χ1v) is 13.6. The number of hydrogen-bond donors (Lipinski definition) is 0. The molecule has 3 aromatic rings. The van der Waals surface area contributed by atoms with Gasteiger partial charge in [0.05, 0.1) is 5.92 Å². The molecule has 6 rings (SSSR count). The molecule has 0 saturated heterocycles. The van der Waals surface area contributed by atoms with Crippen LogP contribution in [0.4, 0.5) is 0 Å². The maximum absolute atomic E-state index is 13.8. The predicted molar refractivity (Wildman–Crippen MR) is 140 cm³/mol. The largest absolute Gasteiger partial charge is 0.460 e. The Morgan fingerprint density at radius 1 is 0.909 bits per heavy atom. The topological polar surface area (TPSA) is 26.3 Å². The molecule has 5 atom stereocenters. The summed E-state index contributed by atoms with van der Waals surface area (Å²) in [6.07, 6.45) is 2.25. The van der Waals surface area contributed by atoms with Crippen molar-refractivity contribution in [2.24, 2.45) is 23.2 Å². The average Bonchev–Trinajstić information content (AvgIpc) is 2.79. The van der Waals surface area contributed by atoms with Gasteiger partial charge in [-0.25, -0.2) is 0 Å². The van der Waals surface area contributed by atoms with Crippen LogP contribution in [0.3, 0.4) is 0 Å². The summed E-state index contributed by atoms with van der Waals surface area (Å²) < 4.78 is 6.08. The molecule has 0 aromatic heterocycles. The SMILES string of the molecule is CC(C)(C)OC(=O)[C@@H]1[C@@H](P(c2ccccc2)c2cccc3ccccc23)CC2C[C@@H]1C2(C)C. The molecule has 3 saturated carbocycles. The van der Waals surface area contributed by atoms with Crippen LogP contribution in [-0.4, -0.2) is 17.2 Å². The number of rotatable bonds is 4. The molecule has 0 radical (unpaired) electrons. The first kappa shape index (κ1) is 22.6. The second kappa shape index (κ2) is 8.24. The van der Waals surface area contributed by atoms with Crippen LogP contribution in [0.1, 0.15) is 47.5 Å². The summed E-state index contributed by atoms with van der Waals surface area (Å²) in [7, 11) is -0.721. The van der Waals surface area contributed by atoms with Crippen molar-refractivity contribution in [3.8, 4) is 0 Å². The van der Waals surface area contributed by atoms with E-state index in [1.807, 2.05) is 20.8 Å². The van der Waals surface area contributed by atoms with Gasteiger partial charge < -0.3 is 4.74 Å². The molecule has 0 aliphatic heterocycles. The molecule has 3 fully saturated rings. The zero-order chi connectivity index (χ0) is 23.4. The first-order chi connectivity index (χ1) is 15.7. The molecule has 3 aromatic carbocycles. The smallest absolute Gasteiger partial charge is 0.310 e. The molecule has 33 heavy (non-hydrogen) atoms. The van der Waals surface area contributed by atoms with Gasteiger partial charge in [-0.2, -0.15) is 0 Å². The minimum atomic E-state index is -0.721. The molecule has 0 amide bonds. The predicted octanol–water partition coefficient (Wildman–Crippen LogP) is 6.67. The Morgan fingerprint density at radius 2 is 1.58 bits per heavy atom. The van der Waals surface area contributed by atoms with Crippen LogP contribution in [0.25, 0.3) is 10.8 Å². The van der Waals surface area contributed by atoms with E-state index in [2.05, 4.69) is 86.6 Å². The van der Waals surface area contributed by atoms with E-state index in [4.69, 9.17) is 4.74 Å². The van der Waals surface area contributed by atoms with Crippen LogP contribution in [0.5, 0.6) is 0 Å². The highest BCUT2D eigenvalue weighted by Gasteiger charge is 2.61. The summed E-state index contributed by atoms with van der Waals surface area (Å²) in [6.45, 7) is 10.7. The molecule has 2 unspecified atom stereocenters. The van der Waals surface area contributed by atoms with Gasteiger partial charge in [0.15, 0.2) is 0 Å². The Kier molecular flexibility index (Phi) is 5.65. The Bertz CT molecular complexity index is 1160. The second-order valence-corrected chi connectivity index (χ2v) is 13.8. The lowest BCUT2D eigenvalue weighted by molar-refractivity contribution is -0.179. The van der Waals surface area contributed by atoms with Gasteiger partial charge >= 0.3 is 5.97 Å². The molecule has 3 heteroatoms. The standard InChI is InChI=1S/C30H35O2P/c1-29(2,3)32-28(31)27-24-18-21(30(24,4)5)19-26(27)33(22-14-7-6-8-15-22)25-17-11-13-20-12-9-10-16-23(20)25/h6-17,21,24,26-27H,18-19H2,1-5H3/t21?,24-,26-,27-,33?/m0/s1. The molecule has 172 valence electrons. The summed E-state index contributed by atoms with van der Waals surface area (Å²) in [6, 6.07) is 26.3. The minimum Gasteiger partial charge on any atom is -0.460 e. The Hall–Kier alpha value is -2.18. The lowest BCUT2D eigenvalue weighted by Gasteiger charge is -2.63. The van der Waals surface area contributed by atoms with E-state index in [-0.39, 0.29) is 17.3 Å². The van der Waals surface area contributed by atoms with Gasteiger partial charge in [0.25, 0.3) is 0 Å². The highest BCUT2D eigenvalue weighted by atomic mass is 31.1. The van der Waals surface area contributed by atoms with E-state index < -0.39 is 13.5 Å². The van der Waals surface area contributed by atoms with Crippen molar-refractivity contribution in [1.82, 2.24) is 0 Å². The van der Waals surface area contributed by atoms with Crippen molar-refractivity contribution in [3.63, 3.8) is 0 Å². The highest BCUT2D eigenvalue weighted by Crippen LogP contribution is 2.67. The lowest BCUT2D eigenvalue weighted by Crippen LogP contribution is -2.60. The Balaban J connectivity index is 1.66. The van der Waals surface area contributed by atoms with Crippen molar-refractivity contribution in [2.75, 3.05) is 0 Å². The number of carbonyl (C=O) groups is 1. The van der Waals surface area contributed by atoms with Crippen LogP contribution in [0.2, 0.25) is 0 Å². The first-order valence-electron chi connectivity index (χ1n) is 12.2. The third-order valence-corrected chi connectivity index (χ3v) is 11.0. The normalized spacial score (nSPS) is 26.9. The lowest BCUT2D eigenvalue weighted by atomic mass is 9.45. The third kappa shape index (κ3) is 4.01. The summed E-state index contributed by atoms with van der Waals surface area (Å²) in [5.74, 6) is 1.01. The highest BCUT2D eigenvalue weighted by molar-refractivity contribution is 7.74. The fourth-order valence-corrected chi connectivity index (χ4v) is 9.58. The number of ether oxygens (including phenoxy) is 1. The Labute approximate surface area is 199 Å². The van der Waals surface area contributed by atoms with E-state index in [1.54, 1.807) is 0 Å². The van der Waals surface area contributed by atoms with Gasteiger partial charge in [0.2, 0.25) is 0 Å². The molecular weight excluding hydrogens is 423 g/mol. The van der Waals surface area contributed by atoms with Gasteiger partial charge in [-0.05, 0) is 80.2 Å². The maximum Gasteiger partial charge on any atom is 0.310 e. The van der Waals surface area contributed by atoms with E-state index in [0.29, 0.717) is 17.5 Å². The number of esters is 1. The number of carbonyl (C=O) groups excluding carboxylic acids is 1. The van der Waals surface area contributed by atoms with E-state index >= 15 is 0 Å². The van der Waals surface area contributed by atoms with Crippen LogP contribution in [0, 0.1) is 23.2 Å². The van der Waals surface area contributed by atoms with E-state index in [0.717, 1.165) is 12.8 Å². The van der Waals surface area contributed by atoms with Gasteiger partial charge in [-0.1, -0.05) is 86.6 Å². The van der Waals surface area contributed by atoms with Crippen LogP contribution in [0.15, 0.2) is 72.8 Å². The van der Waals surface area contributed by atoms with Crippen molar-refractivity contribution in [1.29, 1.82) is 0 Å². The van der Waals surface area contributed by atoms with Gasteiger partial charge in [0.1, 0.15) is 5.60 Å². The zero-order valence-electron chi connectivity index (χ0n) is 20.4. The average molecular weight is 459 g/mol. The minimum absolute atomic E-state index is 0.00685. The fraction of sp³-hybridized carbons (Fsp3) is 0.433. The van der Waals surface area contributed by atoms with Crippen molar-refractivity contribution >= 4 is 35.3 Å². The van der Waals surface area contributed by atoms with Crippen molar-refractivity contribution in [2.45, 2.75) is 58.7 Å². The molecule has 2 bridgehead atoms. The molecule has 0 N–H and O–H groups in total. The number of hydrogen-bond acceptors (Lipinski definition) is 2. The summed E-state index contributed by atoms with van der Waals surface area (Å²) in [5, 5.41) is 5.35. The zero-order valence-corrected chi connectivity index (χ0v) is 21.3. The molecule has 0 heterocycles. The van der Waals surface area contributed by atoms with Gasteiger partial charge in [-0.15, -0.1) is 0 Å². The summed E-state index contributed by atoms with van der Waals surface area (Å²) in [5.41, 5.74) is 0.0235. The monoisotopic (exact) mass is 458 g/mol. The summed E-state index contributed by atoms with van der Waals surface area (Å²) >= 11 is 0. The third-order valence-electron chi connectivity index (χ3n) is 7.99. The molecule has 0 spiro atoms. The summed E-state index contributed by atoms with van der Waals surface area (Å²) in [4.78, 5) is 13.8. The number of benzene rings is 3.